The Morgan fingerprint density at radius 1 is 0.966 bits per heavy atom. The maximum Gasteiger partial charge on any atom is 0.265 e. The molecule has 1 fully saturated rings. The second-order valence-electron chi connectivity index (χ2n) is 7.56. The molecular formula is C25H27NO3. The fourth-order valence-corrected chi connectivity index (χ4v) is 3.77. The van der Waals surface area contributed by atoms with Gasteiger partial charge in [0.15, 0.2) is 6.10 Å². The van der Waals surface area contributed by atoms with Crippen LogP contribution in [-0.4, -0.2) is 18.1 Å². The van der Waals surface area contributed by atoms with Crippen molar-refractivity contribution in [1.29, 1.82) is 0 Å². The molecule has 0 heterocycles. The molecule has 0 aliphatic heterocycles. The molecule has 1 N–H and O–H groups in total. The van der Waals surface area contributed by atoms with Crippen LogP contribution < -0.4 is 14.8 Å². The summed E-state index contributed by atoms with van der Waals surface area (Å²) >= 11 is 0. The van der Waals surface area contributed by atoms with E-state index < -0.39 is 6.10 Å². The molecule has 29 heavy (non-hydrogen) atoms. The van der Waals surface area contributed by atoms with E-state index in [-0.39, 0.29) is 5.91 Å². The van der Waals surface area contributed by atoms with Gasteiger partial charge in [-0.3, -0.25) is 4.79 Å². The SMILES string of the molecule is CCC(Oc1ccc2ccccc2c1)C(=O)Nc1ccc(OC2CCCC2)cc1. The molecule has 1 amide bonds. The van der Waals surface area contributed by atoms with E-state index >= 15 is 0 Å². The van der Waals surface area contributed by atoms with E-state index in [1.807, 2.05) is 67.6 Å². The van der Waals surface area contributed by atoms with Crippen LogP contribution >= 0.6 is 0 Å². The van der Waals surface area contributed by atoms with Gasteiger partial charge in [-0.15, -0.1) is 0 Å². The molecule has 3 aromatic carbocycles. The molecule has 0 aromatic heterocycles. The number of hydrogen-bond acceptors (Lipinski definition) is 3. The summed E-state index contributed by atoms with van der Waals surface area (Å²) in [5.74, 6) is 1.41. The number of carbonyl (C=O) groups is 1. The van der Waals surface area contributed by atoms with Gasteiger partial charge in [0.05, 0.1) is 6.10 Å². The molecule has 0 bridgehead atoms. The third-order valence-corrected chi connectivity index (χ3v) is 5.39. The molecule has 1 unspecified atom stereocenters. The smallest absolute Gasteiger partial charge is 0.265 e. The maximum atomic E-state index is 12.7. The predicted molar refractivity (Wildman–Crippen MR) is 117 cm³/mol. The van der Waals surface area contributed by atoms with Gasteiger partial charge in [0, 0.05) is 5.69 Å². The van der Waals surface area contributed by atoms with Gasteiger partial charge in [0.2, 0.25) is 0 Å². The standard InChI is InChI=1S/C25H27NO3/c1-2-24(29-23-14-11-18-7-3-4-8-19(18)17-23)25(27)26-20-12-15-22(16-13-20)28-21-9-5-6-10-21/h3-4,7-8,11-17,21,24H,2,5-6,9-10H2,1H3,(H,26,27). The molecule has 4 heteroatoms. The van der Waals surface area contributed by atoms with E-state index in [0.29, 0.717) is 18.3 Å². The molecule has 0 spiro atoms. The highest BCUT2D eigenvalue weighted by molar-refractivity contribution is 5.94. The van der Waals surface area contributed by atoms with E-state index in [1.165, 1.54) is 12.8 Å². The molecule has 150 valence electrons. The number of fused-ring (bicyclic) bond motifs is 1. The summed E-state index contributed by atoms with van der Waals surface area (Å²) in [5, 5.41) is 5.20. The van der Waals surface area contributed by atoms with Crippen LogP contribution in [0.15, 0.2) is 66.7 Å². The minimum Gasteiger partial charge on any atom is -0.490 e. The average molecular weight is 389 g/mol. The number of benzene rings is 3. The minimum atomic E-state index is -0.550. The lowest BCUT2D eigenvalue weighted by atomic mass is 10.1. The van der Waals surface area contributed by atoms with Crippen molar-refractivity contribution in [3.63, 3.8) is 0 Å². The predicted octanol–water partition coefficient (Wildman–Crippen LogP) is 5.96. The van der Waals surface area contributed by atoms with Gasteiger partial charge in [-0.1, -0.05) is 37.3 Å². The highest BCUT2D eigenvalue weighted by Gasteiger charge is 2.19. The first-order valence-electron chi connectivity index (χ1n) is 10.4. The van der Waals surface area contributed by atoms with Crippen molar-refractivity contribution in [3.05, 3.63) is 66.7 Å². The van der Waals surface area contributed by atoms with Crippen LogP contribution in [0.1, 0.15) is 39.0 Å². The largest absolute Gasteiger partial charge is 0.490 e. The van der Waals surface area contributed by atoms with Gasteiger partial charge in [0.1, 0.15) is 11.5 Å². The average Bonchev–Trinajstić information content (AvgIpc) is 3.26. The number of rotatable bonds is 7. The minimum absolute atomic E-state index is 0.148. The van der Waals surface area contributed by atoms with Crippen LogP contribution in [0.3, 0.4) is 0 Å². The summed E-state index contributed by atoms with van der Waals surface area (Å²) in [4.78, 5) is 12.7. The fourth-order valence-electron chi connectivity index (χ4n) is 3.77. The molecule has 4 rings (SSSR count). The summed E-state index contributed by atoms with van der Waals surface area (Å²) in [6.45, 7) is 1.95. The Hall–Kier alpha value is -3.01. The zero-order valence-electron chi connectivity index (χ0n) is 16.8. The lowest BCUT2D eigenvalue weighted by molar-refractivity contribution is -0.122. The Bertz CT molecular complexity index is 961. The van der Waals surface area contributed by atoms with Crippen LogP contribution in [0.5, 0.6) is 11.5 Å². The molecule has 1 aliphatic rings. The zero-order valence-corrected chi connectivity index (χ0v) is 16.8. The van der Waals surface area contributed by atoms with Crippen molar-refractivity contribution < 1.29 is 14.3 Å². The Morgan fingerprint density at radius 2 is 1.66 bits per heavy atom. The van der Waals surface area contributed by atoms with Crippen molar-refractivity contribution in [2.45, 2.75) is 51.2 Å². The summed E-state index contributed by atoms with van der Waals surface area (Å²) in [5.41, 5.74) is 0.745. The van der Waals surface area contributed by atoms with E-state index in [0.717, 1.165) is 35.1 Å². The van der Waals surface area contributed by atoms with Crippen LogP contribution in [0.25, 0.3) is 10.8 Å². The highest BCUT2D eigenvalue weighted by Crippen LogP contribution is 2.26. The highest BCUT2D eigenvalue weighted by atomic mass is 16.5. The number of amides is 1. The maximum absolute atomic E-state index is 12.7. The van der Waals surface area contributed by atoms with Gasteiger partial charge in [-0.05, 0) is 79.3 Å². The van der Waals surface area contributed by atoms with E-state index in [4.69, 9.17) is 9.47 Å². The second-order valence-corrected chi connectivity index (χ2v) is 7.56. The summed E-state index contributed by atoms with van der Waals surface area (Å²) in [7, 11) is 0. The number of anilines is 1. The molecule has 1 saturated carbocycles. The molecule has 4 nitrogen and oxygen atoms in total. The number of hydrogen-bond donors (Lipinski definition) is 1. The Kier molecular flexibility index (Phi) is 5.99. The Labute approximate surface area is 171 Å². The van der Waals surface area contributed by atoms with Gasteiger partial charge in [-0.25, -0.2) is 0 Å². The van der Waals surface area contributed by atoms with Gasteiger partial charge < -0.3 is 14.8 Å². The van der Waals surface area contributed by atoms with E-state index in [2.05, 4.69) is 11.4 Å². The molecule has 0 saturated heterocycles. The molecule has 1 aliphatic carbocycles. The number of carbonyl (C=O) groups excluding carboxylic acids is 1. The number of nitrogens with one attached hydrogen (secondary N) is 1. The Balaban J connectivity index is 1.37. The lowest BCUT2D eigenvalue weighted by Gasteiger charge is -2.18. The second kappa shape index (κ2) is 8.99. The third-order valence-electron chi connectivity index (χ3n) is 5.39. The van der Waals surface area contributed by atoms with Crippen molar-refractivity contribution in [3.8, 4) is 11.5 Å². The third kappa shape index (κ3) is 4.89. The molecule has 1 atom stereocenters. The summed E-state index contributed by atoms with van der Waals surface area (Å²) < 4.78 is 12.0. The van der Waals surface area contributed by atoms with Crippen LogP contribution in [0.4, 0.5) is 5.69 Å². The van der Waals surface area contributed by atoms with Gasteiger partial charge in [-0.2, -0.15) is 0 Å². The normalized spacial score (nSPS) is 15.2. The first-order chi connectivity index (χ1) is 14.2. The van der Waals surface area contributed by atoms with Crippen LogP contribution in [0.2, 0.25) is 0 Å². The van der Waals surface area contributed by atoms with Gasteiger partial charge in [0.25, 0.3) is 5.91 Å². The van der Waals surface area contributed by atoms with Gasteiger partial charge >= 0.3 is 0 Å². The Morgan fingerprint density at radius 3 is 2.38 bits per heavy atom. The van der Waals surface area contributed by atoms with Crippen molar-refractivity contribution in [2.75, 3.05) is 5.32 Å². The molecular weight excluding hydrogens is 362 g/mol. The first kappa shape index (κ1) is 19.3. The lowest BCUT2D eigenvalue weighted by Crippen LogP contribution is -2.32. The quantitative estimate of drug-likeness (QED) is 0.542. The van der Waals surface area contributed by atoms with Crippen molar-refractivity contribution >= 4 is 22.4 Å². The van der Waals surface area contributed by atoms with Crippen LogP contribution in [-0.2, 0) is 4.79 Å². The van der Waals surface area contributed by atoms with Crippen molar-refractivity contribution in [1.82, 2.24) is 0 Å². The summed E-state index contributed by atoms with van der Waals surface area (Å²) in [6.07, 6.45) is 5.11. The van der Waals surface area contributed by atoms with Crippen LogP contribution in [0, 0.1) is 0 Å². The number of ether oxygens (including phenoxy) is 2. The molecule has 0 radical (unpaired) electrons. The monoisotopic (exact) mass is 389 g/mol. The fraction of sp³-hybridized carbons (Fsp3) is 0.320. The topological polar surface area (TPSA) is 47.6 Å². The van der Waals surface area contributed by atoms with E-state index in [9.17, 15) is 4.79 Å². The zero-order chi connectivity index (χ0) is 20.1. The van der Waals surface area contributed by atoms with Crippen molar-refractivity contribution in [2.24, 2.45) is 0 Å². The molecule has 3 aromatic rings. The summed E-state index contributed by atoms with van der Waals surface area (Å²) in [6, 6.07) is 21.6. The van der Waals surface area contributed by atoms with E-state index in [1.54, 1.807) is 0 Å². The first-order valence-corrected chi connectivity index (χ1v) is 10.4.